The zero-order valence-corrected chi connectivity index (χ0v) is 22.9. The van der Waals surface area contributed by atoms with E-state index in [2.05, 4.69) is 0 Å². The van der Waals surface area contributed by atoms with E-state index < -0.39 is 49.6 Å². The lowest BCUT2D eigenvalue weighted by atomic mass is 9.71. The van der Waals surface area contributed by atoms with Gasteiger partial charge in [-0.05, 0) is 85.4 Å². The maximum atomic E-state index is 14.9. The van der Waals surface area contributed by atoms with E-state index >= 15 is 0 Å². The Hall–Kier alpha value is -2.82. The van der Waals surface area contributed by atoms with Gasteiger partial charge in [-0.1, -0.05) is 18.2 Å². The highest BCUT2D eigenvalue weighted by Gasteiger charge is 2.61. The van der Waals surface area contributed by atoms with Crippen molar-refractivity contribution >= 4 is 21.5 Å². The predicted octanol–water partition coefficient (Wildman–Crippen LogP) is 5.65. The number of amides is 1. The molecule has 2 fully saturated rings. The molecule has 2 aliphatic carbocycles. The molecule has 5 rings (SSSR count). The SMILES string of the molecule is CN1C[C@H](C(=O)C[C@@H]2CC[C@@]3(S(=O)(=O)c4ccc(F)cc4)c4ccc(C(C)(F)C(F)(F)F)cc4CC[C@@H]23)CC1=O. The van der Waals surface area contributed by atoms with Crippen molar-refractivity contribution in [2.45, 2.75) is 66.9 Å². The second-order valence-electron chi connectivity index (χ2n) is 11.5. The zero-order valence-electron chi connectivity index (χ0n) is 22.1. The van der Waals surface area contributed by atoms with Crippen molar-refractivity contribution in [3.8, 4) is 0 Å². The lowest BCUT2D eigenvalue weighted by Gasteiger charge is -2.43. The summed E-state index contributed by atoms with van der Waals surface area (Å²) in [6, 6.07) is 7.80. The molecular weight excluding hydrogens is 553 g/mol. The van der Waals surface area contributed by atoms with Crippen molar-refractivity contribution in [1.29, 1.82) is 0 Å². The molecule has 5 nitrogen and oxygen atoms in total. The van der Waals surface area contributed by atoms with Crippen molar-refractivity contribution in [2.75, 3.05) is 13.6 Å². The molecule has 0 N–H and O–H groups in total. The van der Waals surface area contributed by atoms with Crippen LogP contribution in [0.4, 0.5) is 22.0 Å². The number of hydrogen-bond acceptors (Lipinski definition) is 4. The molecule has 1 saturated heterocycles. The lowest BCUT2D eigenvalue weighted by Crippen LogP contribution is -2.45. The van der Waals surface area contributed by atoms with Crippen LogP contribution in [-0.2, 0) is 36.3 Å². The first-order chi connectivity index (χ1) is 18.6. The average molecular weight is 584 g/mol. The molecule has 2 aromatic rings. The van der Waals surface area contributed by atoms with Crippen LogP contribution in [0.15, 0.2) is 47.4 Å². The van der Waals surface area contributed by atoms with Crippen molar-refractivity contribution in [3.05, 3.63) is 65.0 Å². The molecule has 1 heterocycles. The number of halogens is 5. The number of carbonyl (C=O) groups is 2. The quantitative estimate of drug-likeness (QED) is 0.326. The largest absolute Gasteiger partial charge is 0.426 e. The summed E-state index contributed by atoms with van der Waals surface area (Å²) in [6.07, 6.45) is -4.00. The average Bonchev–Trinajstić information content (AvgIpc) is 3.44. The fourth-order valence-electron chi connectivity index (χ4n) is 7.00. The molecule has 1 saturated carbocycles. The van der Waals surface area contributed by atoms with Crippen LogP contribution in [0, 0.1) is 23.6 Å². The maximum absolute atomic E-state index is 14.9. The third kappa shape index (κ3) is 4.35. The van der Waals surface area contributed by atoms with Crippen molar-refractivity contribution in [1.82, 2.24) is 4.90 Å². The van der Waals surface area contributed by atoms with Gasteiger partial charge < -0.3 is 4.90 Å². The highest BCUT2D eigenvalue weighted by Crippen LogP contribution is 2.60. The summed E-state index contributed by atoms with van der Waals surface area (Å²) < 4.78 is 96.1. The third-order valence-corrected chi connectivity index (χ3v) is 11.9. The van der Waals surface area contributed by atoms with E-state index in [4.69, 9.17) is 0 Å². The fourth-order valence-corrected chi connectivity index (χ4v) is 9.50. The Morgan fingerprint density at radius 1 is 1.07 bits per heavy atom. The van der Waals surface area contributed by atoms with E-state index in [0.29, 0.717) is 31.0 Å². The molecule has 5 atom stereocenters. The number of ketones is 1. The Morgan fingerprint density at radius 3 is 2.35 bits per heavy atom. The molecule has 1 amide bonds. The van der Waals surface area contributed by atoms with Crippen LogP contribution < -0.4 is 0 Å². The topological polar surface area (TPSA) is 71.5 Å². The second-order valence-corrected chi connectivity index (χ2v) is 13.7. The Kier molecular flexibility index (Phi) is 6.91. The number of rotatable bonds is 6. The molecule has 0 bridgehead atoms. The minimum Gasteiger partial charge on any atom is -0.345 e. The molecule has 3 aliphatic rings. The molecule has 0 aromatic heterocycles. The molecule has 0 radical (unpaired) electrons. The van der Waals surface area contributed by atoms with Gasteiger partial charge in [-0.3, -0.25) is 9.59 Å². The summed E-state index contributed by atoms with van der Waals surface area (Å²) in [5.74, 6) is -2.21. The smallest absolute Gasteiger partial charge is 0.345 e. The minimum absolute atomic E-state index is 0.0845. The number of fused-ring (bicyclic) bond motifs is 3. The van der Waals surface area contributed by atoms with Gasteiger partial charge in [-0.15, -0.1) is 0 Å². The first-order valence-electron chi connectivity index (χ1n) is 13.3. The number of benzene rings is 2. The number of hydrogen-bond donors (Lipinski definition) is 0. The van der Waals surface area contributed by atoms with E-state index in [-0.39, 0.29) is 54.6 Å². The van der Waals surface area contributed by atoms with Gasteiger partial charge in [0.2, 0.25) is 11.6 Å². The first-order valence-corrected chi connectivity index (χ1v) is 14.7. The van der Waals surface area contributed by atoms with Gasteiger partial charge in [-0.25, -0.2) is 17.2 Å². The number of nitrogens with zero attached hydrogens (tertiary/aromatic N) is 1. The van der Waals surface area contributed by atoms with E-state index in [9.17, 15) is 40.0 Å². The molecule has 40 heavy (non-hydrogen) atoms. The van der Waals surface area contributed by atoms with E-state index in [0.717, 1.165) is 24.3 Å². The third-order valence-electron chi connectivity index (χ3n) is 9.28. The highest BCUT2D eigenvalue weighted by atomic mass is 32.2. The number of Topliss-reactive ketones (excluding diaryl/α,β-unsaturated/α-hetero) is 1. The molecule has 11 heteroatoms. The van der Waals surface area contributed by atoms with E-state index in [1.54, 1.807) is 7.05 Å². The Labute approximate surface area is 229 Å². The van der Waals surface area contributed by atoms with Gasteiger partial charge in [0, 0.05) is 32.4 Å². The second kappa shape index (κ2) is 9.63. The monoisotopic (exact) mass is 583 g/mol. The summed E-state index contributed by atoms with van der Waals surface area (Å²) >= 11 is 0. The van der Waals surface area contributed by atoms with Gasteiger partial charge >= 0.3 is 6.18 Å². The van der Waals surface area contributed by atoms with Gasteiger partial charge in [-0.2, -0.15) is 13.2 Å². The summed E-state index contributed by atoms with van der Waals surface area (Å²) in [4.78, 5) is 26.6. The molecule has 1 aliphatic heterocycles. The van der Waals surface area contributed by atoms with Crippen LogP contribution in [0.2, 0.25) is 0 Å². The number of sulfone groups is 1. The number of aryl methyl sites for hydroxylation is 1. The molecule has 2 aromatic carbocycles. The summed E-state index contributed by atoms with van der Waals surface area (Å²) in [5.41, 5.74) is -3.60. The van der Waals surface area contributed by atoms with Gasteiger partial charge in [0.05, 0.1) is 4.90 Å². The van der Waals surface area contributed by atoms with E-state index in [1.165, 1.54) is 23.1 Å². The summed E-state index contributed by atoms with van der Waals surface area (Å²) in [5, 5.41) is 0. The Morgan fingerprint density at radius 2 is 1.75 bits per heavy atom. The van der Waals surface area contributed by atoms with Crippen LogP contribution in [-0.4, -0.2) is 44.8 Å². The van der Waals surface area contributed by atoms with Crippen molar-refractivity contribution in [2.24, 2.45) is 17.8 Å². The highest BCUT2D eigenvalue weighted by molar-refractivity contribution is 7.92. The van der Waals surface area contributed by atoms with Crippen LogP contribution in [0.25, 0.3) is 0 Å². The lowest BCUT2D eigenvalue weighted by molar-refractivity contribution is -0.228. The first kappa shape index (κ1) is 28.7. The maximum Gasteiger partial charge on any atom is 0.426 e. The van der Waals surface area contributed by atoms with Gasteiger partial charge in [0.15, 0.2) is 9.84 Å². The van der Waals surface area contributed by atoms with Crippen LogP contribution in [0.3, 0.4) is 0 Å². The zero-order chi connectivity index (χ0) is 29.3. The normalized spacial score (nSPS) is 28.2. The number of carbonyl (C=O) groups excluding carboxylic acids is 2. The molecular formula is C29H30F5NO4S. The number of alkyl halides is 4. The van der Waals surface area contributed by atoms with Crippen LogP contribution >= 0.6 is 0 Å². The predicted molar refractivity (Wildman–Crippen MR) is 136 cm³/mol. The van der Waals surface area contributed by atoms with Crippen LogP contribution in [0.5, 0.6) is 0 Å². The fraction of sp³-hybridized carbons (Fsp3) is 0.517. The molecule has 0 spiro atoms. The standard InChI is InChI=1S/C29H30F5NO4S/c1-27(31,29(32,33)34)20-4-10-24-17(13-20)3-9-23-18(14-25(36)19-15-26(37)35(2)16-19)11-12-28(23,24)40(38,39)22-7-5-21(30)6-8-22/h4-8,10,13,18-19,23H,3,9,11-12,14-16H2,1-2H3/t18-,19+,23-,27?,28-/m0/s1. The Balaban J connectivity index is 1.58. The van der Waals surface area contributed by atoms with Crippen LogP contribution in [0.1, 0.15) is 55.7 Å². The Bertz CT molecular complexity index is 1450. The van der Waals surface area contributed by atoms with Crippen molar-refractivity contribution in [3.63, 3.8) is 0 Å². The summed E-state index contributed by atoms with van der Waals surface area (Å²) in [7, 11) is -2.60. The van der Waals surface area contributed by atoms with E-state index in [1.807, 2.05) is 0 Å². The summed E-state index contributed by atoms with van der Waals surface area (Å²) in [6.45, 7) is 0.745. The van der Waals surface area contributed by atoms with Gasteiger partial charge in [0.25, 0.3) is 0 Å². The molecule has 1 unspecified atom stereocenters. The van der Waals surface area contributed by atoms with Crippen molar-refractivity contribution < 1.29 is 40.0 Å². The minimum atomic E-state index is -5.16. The van der Waals surface area contributed by atoms with Gasteiger partial charge in [0.1, 0.15) is 16.3 Å². The molecule has 216 valence electrons. The number of likely N-dealkylation sites (tertiary alicyclic amines) is 1.